The molecule has 0 aliphatic rings. The molecule has 0 saturated carbocycles. The molecular weight excluding hydrogens is 322 g/mol. The van der Waals surface area contributed by atoms with Gasteiger partial charge in [-0.15, -0.1) is 0 Å². The number of nitrogens with zero attached hydrogens (tertiary/aromatic N) is 2. The Kier molecular flexibility index (Phi) is 3.82. The van der Waals surface area contributed by atoms with Gasteiger partial charge >= 0.3 is 0 Å². The van der Waals surface area contributed by atoms with E-state index in [1.54, 1.807) is 13.0 Å². The molecule has 1 aromatic heterocycles. The molecule has 0 aliphatic carbocycles. The number of halogens is 3. The zero-order valence-corrected chi connectivity index (χ0v) is 11.8. The third kappa shape index (κ3) is 2.62. The summed E-state index contributed by atoms with van der Waals surface area (Å²) in [5, 5.41) is 0.0650. The third-order valence-corrected chi connectivity index (χ3v) is 3.38. The molecule has 0 fully saturated rings. The van der Waals surface area contributed by atoms with E-state index in [2.05, 4.69) is 20.9 Å². The zero-order chi connectivity index (χ0) is 13.3. The molecule has 0 N–H and O–H groups in total. The Bertz CT molecular complexity index is 657. The minimum atomic E-state index is -0.497. The van der Waals surface area contributed by atoms with Gasteiger partial charge in [0, 0.05) is 6.20 Å². The highest BCUT2D eigenvalue weighted by Gasteiger charge is 2.07. The fourth-order valence-electron chi connectivity index (χ4n) is 1.56. The van der Waals surface area contributed by atoms with Crippen LogP contribution in [0.3, 0.4) is 0 Å². The lowest BCUT2D eigenvalue weighted by molar-refractivity contribution is 0.621. The first-order valence-corrected chi connectivity index (χ1v) is 6.32. The van der Waals surface area contributed by atoms with E-state index >= 15 is 0 Å². The summed E-state index contributed by atoms with van der Waals surface area (Å²) in [7, 11) is 0. The van der Waals surface area contributed by atoms with Crippen LogP contribution in [0.4, 0.5) is 4.39 Å². The van der Waals surface area contributed by atoms with Crippen molar-refractivity contribution >= 4 is 27.5 Å². The number of aryl methyl sites for hydroxylation is 1. The van der Waals surface area contributed by atoms with Crippen LogP contribution in [0, 0.1) is 12.7 Å². The monoisotopic (exact) mass is 330 g/mol. The van der Waals surface area contributed by atoms with E-state index in [-0.39, 0.29) is 17.1 Å². The van der Waals surface area contributed by atoms with Gasteiger partial charge in [0.25, 0.3) is 5.56 Å². The first kappa shape index (κ1) is 13.2. The molecule has 6 heteroatoms. The second kappa shape index (κ2) is 5.20. The highest BCUT2D eigenvalue weighted by Crippen LogP contribution is 2.16. The predicted octanol–water partition coefficient (Wildman–Crippen LogP) is 3.16. The Morgan fingerprint density at radius 1 is 1.50 bits per heavy atom. The second-order valence-electron chi connectivity index (χ2n) is 3.79. The SMILES string of the molecule is Cc1ncc(Br)c(=O)n1Cc1ccc(Cl)c(F)c1. The van der Waals surface area contributed by atoms with Crippen molar-refractivity contribution in [3.05, 3.63) is 61.5 Å². The summed E-state index contributed by atoms with van der Waals surface area (Å²) in [6, 6.07) is 4.46. The number of hydrogen-bond acceptors (Lipinski definition) is 2. The number of benzene rings is 1. The first-order chi connectivity index (χ1) is 8.49. The van der Waals surface area contributed by atoms with E-state index in [0.29, 0.717) is 15.9 Å². The van der Waals surface area contributed by atoms with Crippen molar-refractivity contribution in [2.75, 3.05) is 0 Å². The summed E-state index contributed by atoms with van der Waals surface area (Å²) in [6.07, 6.45) is 1.45. The maximum absolute atomic E-state index is 13.3. The summed E-state index contributed by atoms with van der Waals surface area (Å²) in [5.41, 5.74) is 0.458. The molecule has 2 aromatic rings. The van der Waals surface area contributed by atoms with Gasteiger partial charge < -0.3 is 0 Å². The first-order valence-electron chi connectivity index (χ1n) is 5.15. The van der Waals surface area contributed by atoms with Crippen LogP contribution >= 0.6 is 27.5 Å². The topological polar surface area (TPSA) is 34.9 Å². The van der Waals surface area contributed by atoms with Gasteiger partial charge in [0.05, 0.1) is 11.6 Å². The highest BCUT2D eigenvalue weighted by molar-refractivity contribution is 9.10. The Hall–Kier alpha value is -1.20. The van der Waals surface area contributed by atoms with Gasteiger partial charge in [-0.3, -0.25) is 9.36 Å². The molecule has 0 unspecified atom stereocenters. The molecule has 2 rings (SSSR count). The van der Waals surface area contributed by atoms with Gasteiger partial charge in [0.1, 0.15) is 16.1 Å². The quantitative estimate of drug-likeness (QED) is 0.847. The van der Waals surface area contributed by atoms with E-state index < -0.39 is 5.82 Å². The minimum Gasteiger partial charge on any atom is -0.291 e. The van der Waals surface area contributed by atoms with Crippen LogP contribution in [-0.4, -0.2) is 9.55 Å². The van der Waals surface area contributed by atoms with E-state index in [0.717, 1.165) is 0 Å². The van der Waals surface area contributed by atoms with Crippen molar-refractivity contribution in [1.29, 1.82) is 0 Å². The third-order valence-electron chi connectivity index (χ3n) is 2.53. The average molecular weight is 332 g/mol. The average Bonchev–Trinajstić information content (AvgIpc) is 2.34. The fourth-order valence-corrected chi connectivity index (χ4v) is 1.99. The fraction of sp³-hybridized carbons (Fsp3) is 0.167. The molecule has 1 heterocycles. The van der Waals surface area contributed by atoms with Crippen LogP contribution in [0.2, 0.25) is 5.02 Å². The molecule has 0 bridgehead atoms. The van der Waals surface area contributed by atoms with Gasteiger partial charge in [-0.25, -0.2) is 9.37 Å². The van der Waals surface area contributed by atoms with Crippen molar-refractivity contribution in [2.45, 2.75) is 13.5 Å². The van der Waals surface area contributed by atoms with Gasteiger partial charge in [-0.2, -0.15) is 0 Å². The number of rotatable bonds is 2. The number of aromatic nitrogens is 2. The van der Waals surface area contributed by atoms with E-state index in [4.69, 9.17) is 11.6 Å². The summed E-state index contributed by atoms with van der Waals surface area (Å²) < 4.78 is 15.2. The van der Waals surface area contributed by atoms with Gasteiger partial charge in [0.15, 0.2) is 0 Å². The standard InChI is InChI=1S/C12H9BrClFN2O/c1-7-16-5-9(13)12(18)17(7)6-8-2-3-10(14)11(15)4-8/h2-5H,6H2,1H3. The van der Waals surface area contributed by atoms with Crippen molar-refractivity contribution in [1.82, 2.24) is 9.55 Å². The predicted molar refractivity (Wildman–Crippen MR) is 71.4 cm³/mol. The lowest BCUT2D eigenvalue weighted by Gasteiger charge is -2.09. The Morgan fingerprint density at radius 3 is 2.89 bits per heavy atom. The van der Waals surface area contributed by atoms with Gasteiger partial charge in [0.2, 0.25) is 0 Å². The summed E-state index contributed by atoms with van der Waals surface area (Å²) in [5.74, 6) is 0.0707. The van der Waals surface area contributed by atoms with Crippen LogP contribution in [-0.2, 0) is 6.54 Å². The summed E-state index contributed by atoms with van der Waals surface area (Å²) in [6.45, 7) is 1.98. The van der Waals surface area contributed by atoms with E-state index in [1.165, 1.54) is 22.9 Å². The van der Waals surface area contributed by atoms with Crippen LogP contribution in [0.25, 0.3) is 0 Å². The molecule has 0 aliphatic heterocycles. The molecule has 0 saturated heterocycles. The lowest BCUT2D eigenvalue weighted by Crippen LogP contribution is -2.24. The largest absolute Gasteiger partial charge is 0.291 e. The highest BCUT2D eigenvalue weighted by atomic mass is 79.9. The molecule has 0 radical (unpaired) electrons. The van der Waals surface area contributed by atoms with Crippen molar-refractivity contribution in [3.63, 3.8) is 0 Å². The van der Waals surface area contributed by atoms with Crippen molar-refractivity contribution in [2.24, 2.45) is 0 Å². The minimum absolute atomic E-state index is 0.0650. The van der Waals surface area contributed by atoms with Gasteiger partial charge in [-0.05, 0) is 40.5 Å². The van der Waals surface area contributed by atoms with Crippen LogP contribution in [0.1, 0.15) is 11.4 Å². The molecule has 94 valence electrons. The lowest BCUT2D eigenvalue weighted by atomic mass is 10.2. The molecule has 0 spiro atoms. The summed E-state index contributed by atoms with van der Waals surface area (Å²) in [4.78, 5) is 16.0. The molecular formula is C12H9BrClFN2O. The van der Waals surface area contributed by atoms with Crippen LogP contribution in [0.5, 0.6) is 0 Å². The maximum Gasteiger partial charge on any atom is 0.268 e. The molecule has 18 heavy (non-hydrogen) atoms. The van der Waals surface area contributed by atoms with Crippen molar-refractivity contribution < 1.29 is 4.39 Å². The Balaban J connectivity index is 2.43. The number of hydrogen-bond donors (Lipinski definition) is 0. The van der Waals surface area contributed by atoms with Crippen molar-refractivity contribution in [3.8, 4) is 0 Å². The molecule has 3 nitrogen and oxygen atoms in total. The Labute approximate surface area is 116 Å². The second-order valence-corrected chi connectivity index (χ2v) is 5.05. The molecule has 1 aromatic carbocycles. The molecule has 0 atom stereocenters. The molecule has 0 amide bonds. The maximum atomic E-state index is 13.3. The summed E-state index contributed by atoms with van der Waals surface area (Å²) >= 11 is 8.74. The smallest absolute Gasteiger partial charge is 0.268 e. The van der Waals surface area contributed by atoms with Gasteiger partial charge in [-0.1, -0.05) is 17.7 Å². The zero-order valence-electron chi connectivity index (χ0n) is 9.45. The van der Waals surface area contributed by atoms with Crippen LogP contribution < -0.4 is 5.56 Å². The van der Waals surface area contributed by atoms with E-state index in [9.17, 15) is 9.18 Å². The van der Waals surface area contributed by atoms with Crippen LogP contribution in [0.15, 0.2) is 33.7 Å². The normalized spacial score (nSPS) is 10.7. The van der Waals surface area contributed by atoms with E-state index in [1.807, 2.05) is 0 Å². The Morgan fingerprint density at radius 2 is 2.22 bits per heavy atom.